The van der Waals surface area contributed by atoms with Crippen molar-refractivity contribution in [2.45, 2.75) is 13.0 Å². The van der Waals surface area contributed by atoms with Gasteiger partial charge in [0.05, 0.1) is 20.1 Å². The maximum absolute atomic E-state index is 12.0. The minimum atomic E-state index is -0.0732. The summed E-state index contributed by atoms with van der Waals surface area (Å²) in [5, 5.41) is 7.03. The fourth-order valence-electron chi connectivity index (χ4n) is 2.32. The molecule has 7 nitrogen and oxygen atoms in total. The summed E-state index contributed by atoms with van der Waals surface area (Å²) in [4.78, 5) is 16.2. The van der Waals surface area contributed by atoms with Gasteiger partial charge in [-0.3, -0.25) is 4.79 Å². The van der Waals surface area contributed by atoms with Crippen molar-refractivity contribution in [2.24, 2.45) is 0 Å². The molecule has 7 heteroatoms. The highest BCUT2D eigenvalue weighted by Gasteiger charge is 2.04. The van der Waals surface area contributed by atoms with E-state index in [0.29, 0.717) is 24.7 Å². The Morgan fingerprint density at radius 3 is 2.69 bits per heavy atom. The Morgan fingerprint density at radius 2 is 1.96 bits per heavy atom. The number of ether oxygens (including phenoxy) is 2. The summed E-state index contributed by atoms with van der Waals surface area (Å²) in [6.45, 7) is 0.741. The quantitative estimate of drug-likeness (QED) is 0.673. The van der Waals surface area contributed by atoms with E-state index >= 15 is 0 Å². The van der Waals surface area contributed by atoms with E-state index in [1.54, 1.807) is 24.2 Å². The molecule has 0 saturated heterocycles. The van der Waals surface area contributed by atoms with Crippen LogP contribution in [0.2, 0.25) is 0 Å². The first kappa shape index (κ1) is 17.5. The first-order valence-electron chi connectivity index (χ1n) is 8.23. The van der Waals surface area contributed by atoms with Gasteiger partial charge in [0.2, 0.25) is 5.91 Å². The molecule has 0 unspecified atom stereocenters. The van der Waals surface area contributed by atoms with Crippen LogP contribution in [0.25, 0.3) is 5.82 Å². The van der Waals surface area contributed by atoms with E-state index in [-0.39, 0.29) is 12.3 Å². The van der Waals surface area contributed by atoms with Gasteiger partial charge in [-0.25, -0.2) is 9.67 Å². The molecular formula is C19H20N4O3. The third kappa shape index (κ3) is 4.83. The summed E-state index contributed by atoms with van der Waals surface area (Å²) >= 11 is 0. The fourth-order valence-corrected chi connectivity index (χ4v) is 2.32. The molecule has 1 amide bonds. The average Bonchev–Trinajstić information content (AvgIpc) is 3.22. The topological polar surface area (TPSA) is 78.3 Å². The van der Waals surface area contributed by atoms with Crippen LogP contribution in [0.3, 0.4) is 0 Å². The molecule has 0 bridgehead atoms. The highest BCUT2D eigenvalue weighted by Crippen LogP contribution is 2.17. The van der Waals surface area contributed by atoms with Crippen molar-refractivity contribution in [2.75, 3.05) is 13.7 Å². The van der Waals surface area contributed by atoms with Crippen molar-refractivity contribution in [1.82, 2.24) is 20.1 Å². The molecule has 3 aromatic rings. The lowest BCUT2D eigenvalue weighted by atomic mass is 10.2. The van der Waals surface area contributed by atoms with E-state index in [9.17, 15) is 4.79 Å². The predicted octanol–water partition coefficient (Wildman–Crippen LogP) is 2.36. The second kappa shape index (κ2) is 8.66. The Balaban J connectivity index is 1.43. The van der Waals surface area contributed by atoms with Gasteiger partial charge in [-0.15, -0.1) is 0 Å². The summed E-state index contributed by atoms with van der Waals surface area (Å²) < 4.78 is 12.3. The number of nitrogens with one attached hydrogen (secondary N) is 1. The van der Waals surface area contributed by atoms with E-state index in [2.05, 4.69) is 15.4 Å². The number of nitrogens with zero attached hydrogens (tertiary/aromatic N) is 3. The van der Waals surface area contributed by atoms with Gasteiger partial charge in [-0.1, -0.05) is 0 Å². The van der Waals surface area contributed by atoms with Crippen molar-refractivity contribution in [3.8, 4) is 17.3 Å². The Morgan fingerprint density at radius 1 is 1.15 bits per heavy atom. The zero-order valence-electron chi connectivity index (χ0n) is 14.5. The lowest BCUT2D eigenvalue weighted by Gasteiger charge is -2.09. The molecule has 0 atom stereocenters. The SMILES string of the molecule is COc1ccc(OCCC(=O)NCc2ccnc(-n3cccn3)c2)cc1. The van der Waals surface area contributed by atoms with Gasteiger partial charge in [-0.05, 0) is 48.0 Å². The number of benzene rings is 1. The van der Waals surface area contributed by atoms with Gasteiger partial charge < -0.3 is 14.8 Å². The van der Waals surface area contributed by atoms with Crippen LogP contribution in [0.4, 0.5) is 0 Å². The Labute approximate surface area is 151 Å². The molecule has 1 aromatic carbocycles. The Kier molecular flexibility index (Phi) is 5.82. The molecular weight excluding hydrogens is 332 g/mol. The molecule has 2 heterocycles. The van der Waals surface area contributed by atoms with Crippen LogP contribution < -0.4 is 14.8 Å². The van der Waals surface area contributed by atoms with Crippen LogP contribution in [0.15, 0.2) is 61.1 Å². The molecule has 0 aliphatic rings. The van der Waals surface area contributed by atoms with E-state index in [1.165, 1.54) is 0 Å². The molecule has 0 radical (unpaired) electrons. The molecule has 1 N–H and O–H groups in total. The number of hydrogen-bond donors (Lipinski definition) is 1. The molecule has 0 aliphatic carbocycles. The van der Waals surface area contributed by atoms with Crippen molar-refractivity contribution in [3.63, 3.8) is 0 Å². The van der Waals surface area contributed by atoms with Crippen LogP contribution in [-0.4, -0.2) is 34.4 Å². The first-order chi connectivity index (χ1) is 12.7. The minimum absolute atomic E-state index is 0.0732. The van der Waals surface area contributed by atoms with Crippen molar-refractivity contribution < 1.29 is 14.3 Å². The van der Waals surface area contributed by atoms with E-state index in [0.717, 1.165) is 11.3 Å². The van der Waals surface area contributed by atoms with Gasteiger partial charge >= 0.3 is 0 Å². The van der Waals surface area contributed by atoms with Gasteiger partial charge in [0.1, 0.15) is 11.5 Å². The molecule has 3 rings (SSSR count). The molecule has 134 valence electrons. The zero-order chi connectivity index (χ0) is 18.2. The summed E-state index contributed by atoms with van der Waals surface area (Å²) in [5.41, 5.74) is 0.954. The van der Waals surface area contributed by atoms with Crippen LogP contribution in [0, 0.1) is 0 Å². The van der Waals surface area contributed by atoms with Crippen LogP contribution in [0.5, 0.6) is 11.5 Å². The summed E-state index contributed by atoms with van der Waals surface area (Å²) in [5.74, 6) is 2.11. The number of carbonyl (C=O) groups is 1. The highest BCUT2D eigenvalue weighted by atomic mass is 16.5. The lowest BCUT2D eigenvalue weighted by Crippen LogP contribution is -2.24. The number of amides is 1. The first-order valence-corrected chi connectivity index (χ1v) is 8.23. The number of pyridine rings is 1. The average molecular weight is 352 g/mol. The van der Waals surface area contributed by atoms with Gasteiger partial charge in [0.25, 0.3) is 0 Å². The van der Waals surface area contributed by atoms with E-state index in [4.69, 9.17) is 9.47 Å². The normalized spacial score (nSPS) is 10.3. The third-order valence-corrected chi connectivity index (χ3v) is 3.70. The van der Waals surface area contributed by atoms with Crippen LogP contribution in [-0.2, 0) is 11.3 Å². The molecule has 0 spiro atoms. The van der Waals surface area contributed by atoms with Gasteiger partial charge in [-0.2, -0.15) is 5.10 Å². The summed E-state index contributed by atoms with van der Waals surface area (Å²) in [6, 6.07) is 12.8. The minimum Gasteiger partial charge on any atom is -0.497 e. The van der Waals surface area contributed by atoms with Gasteiger partial charge in [0.15, 0.2) is 5.82 Å². The summed E-state index contributed by atoms with van der Waals surface area (Å²) in [6.07, 6.45) is 5.49. The second-order valence-electron chi connectivity index (χ2n) is 5.52. The molecule has 2 aromatic heterocycles. The lowest BCUT2D eigenvalue weighted by molar-refractivity contribution is -0.121. The second-order valence-corrected chi connectivity index (χ2v) is 5.52. The standard InChI is InChI=1S/C19H20N4O3/c1-25-16-3-5-17(6-4-16)26-12-8-19(24)21-14-15-7-10-20-18(13-15)23-11-2-9-22-23/h2-7,9-11,13H,8,12,14H2,1H3,(H,21,24). The molecule has 0 fully saturated rings. The van der Waals surface area contributed by atoms with Crippen LogP contribution >= 0.6 is 0 Å². The largest absolute Gasteiger partial charge is 0.497 e. The number of methoxy groups -OCH3 is 1. The third-order valence-electron chi connectivity index (χ3n) is 3.70. The van der Waals surface area contributed by atoms with Crippen LogP contribution in [0.1, 0.15) is 12.0 Å². The highest BCUT2D eigenvalue weighted by molar-refractivity contribution is 5.76. The summed E-state index contributed by atoms with van der Waals surface area (Å²) in [7, 11) is 1.61. The van der Waals surface area contributed by atoms with Crippen molar-refractivity contribution in [1.29, 1.82) is 0 Å². The Bertz CT molecular complexity index is 832. The number of aromatic nitrogens is 3. The maximum atomic E-state index is 12.0. The maximum Gasteiger partial charge on any atom is 0.223 e. The Hall–Kier alpha value is -3.35. The fraction of sp³-hybridized carbons (Fsp3) is 0.211. The number of rotatable bonds is 8. The molecule has 26 heavy (non-hydrogen) atoms. The van der Waals surface area contributed by atoms with Gasteiger partial charge in [0, 0.05) is 25.1 Å². The molecule has 0 aliphatic heterocycles. The smallest absolute Gasteiger partial charge is 0.223 e. The van der Waals surface area contributed by atoms with E-state index in [1.807, 2.05) is 48.7 Å². The van der Waals surface area contributed by atoms with Crippen molar-refractivity contribution >= 4 is 5.91 Å². The van der Waals surface area contributed by atoms with E-state index < -0.39 is 0 Å². The monoisotopic (exact) mass is 352 g/mol. The zero-order valence-corrected chi connectivity index (χ0v) is 14.5. The number of hydrogen-bond acceptors (Lipinski definition) is 5. The molecule has 0 saturated carbocycles. The van der Waals surface area contributed by atoms with Crippen molar-refractivity contribution in [3.05, 3.63) is 66.6 Å². The number of carbonyl (C=O) groups excluding carboxylic acids is 1. The predicted molar refractivity (Wildman–Crippen MR) is 96.3 cm³/mol.